The van der Waals surface area contributed by atoms with E-state index in [4.69, 9.17) is 0 Å². The van der Waals surface area contributed by atoms with Crippen molar-refractivity contribution >= 4 is 43.9 Å². The van der Waals surface area contributed by atoms with Gasteiger partial charge in [0.25, 0.3) is 15.6 Å². The summed E-state index contributed by atoms with van der Waals surface area (Å²) in [6.07, 6.45) is -4.80. The Bertz CT molecular complexity index is 1010. The van der Waals surface area contributed by atoms with Gasteiger partial charge in [0.1, 0.15) is 0 Å². The lowest BCUT2D eigenvalue weighted by molar-refractivity contribution is -0.593. The second-order valence-electron chi connectivity index (χ2n) is 5.72. The standard InChI is InChI=1S/C15H14BrF3NO5PS/c1-10-7-11(16)8-14(20(10)21)26(2,22)12-3-5-13(6-4-12)27(23,24)25-9-15(17,18)19/h3-8H,9H2,1-2H3. The minimum atomic E-state index is -4.80. The van der Waals surface area contributed by atoms with Crippen molar-refractivity contribution < 1.29 is 35.1 Å². The van der Waals surface area contributed by atoms with E-state index in [1.807, 2.05) is 0 Å². The number of hydrogen-bond acceptors (Lipinski definition) is 5. The molecule has 6 nitrogen and oxygen atoms in total. The minimum Gasteiger partial charge on any atom is -0.618 e. The Kier molecular flexibility index (Phi) is 6.11. The molecule has 0 aliphatic carbocycles. The maximum Gasteiger partial charge on any atom is 0.413 e. The van der Waals surface area contributed by atoms with Gasteiger partial charge in [0.05, 0.1) is 4.90 Å². The molecule has 12 heteroatoms. The van der Waals surface area contributed by atoms with E-state index in [1.165, 1.54) is 31.8 Å². The molecule has 0 amide bonds. The number of alkyl halides is 3. The van der Waals surface area contributed by atoms with Crippen molar-refractivity contribution in [3.63, 3.8) is 0 Å². The van der Waals surface area contributed by atoms with Gasteiger partial charge in [0, 0.05) is 35.5 Å². The average Bonchev–Trinajstić information content (AvgIpc) is 2.56. The average molecular weight is 488 g/mol. The zero-order chi connectivity index (χ0) is 20.6. The van der Waals surface area contributed by atoms with Gasteiger partial charge in [-0.1, -0.05) is 15.9 Å². The van der Waals surface area contributed by atoms with Crippen LogP contribution in [0, 0.1) is 12.1 Å². The first-order chi connectivity index (χ1) is 12.2. The molecule has 1 atom stereocenters. The predicted octanol–water partition coefficient (Wildman–Crippen LogP) is 2.60. The highest BCUT2D eigenvalue weighted by atomic mass is 79.9. The van der Waals surface area contributed by atoms with E-state index in [0.717, 1.165) is 12.1 Å². The first-order valence-electron chi connectivity index (χ1n) is 7.29. The lowest BCUT2D eigenvalue weighted by Crippen LogP contribution is -2.47. The summed E-state index contributed by atoms with van der Waals surface area (Å²) in [5.41, 5.74) is 0.291. The van der Waals surface area contributed by atoms with E-state index in [9.17, 15) is 31.4 Å². The third-order valence-electron chi connectivity index (χ3n) is 3.58. The smallest absolute Gasteiger partial charge is 0.413 e. The number of pyridine rings is 1. The molecule has 2 aromatic rings. The van der Waals surface area contributed by atoms with Gasteiger partial charge in [-0.25, -0.2) is 0 Å². The Morgan fingerprint density at radius 1 is 1.22 bits per heavy atom. The van der Waals surface area contributed by atoms with Crippen molar-refractivity contribution in [3.8, 4) is 0 Å². The normalized spacial score (nSPS) is 14.7. The summed E-state index contributed by atoms with van der Waals surface area (Å²) in [5.74, 6) is 0. The molecule has 0 fully saturated rings. The van der Waals surface area contributed by atoms with Crippen molar-refractivity contribution in [1.82, 2.24) is 0 Å². The van der Waals surface area contributed by atoms with E-state index >= 15 is 0 Å². The highest BCUT2D eigenvalue weighted by Gasteiger charge is 2.33. The fourth-order valence-corrected chi connectivity index (χ4v) is 5.69. The van der Waals surface area contributed by atoms with Crippen LogP contribution in [-0.4, -0.2) is 27.9 Å². The Morgan fingerprint density at radius 3 is 2.30 bits per heavy atom. The number of aromatic nitrogens is 1. The molecular formula is C15H14BrF3NO5PS. The van der Waals surface area contributed by atoms with Gasteiger partial charge in [0.15, 0.2) is 12.3 Å². The maximum atomic E-state index is 13.2. The zero-order valence-electron chi connectivity index (χ0n) is 14.0. The van der Waals surface area contributed by atoms with Crippen LogP contribution >= 0.6 is 23.1 Å². The highest BCUT2D eigenvalue weighted by Crippen LogP contribution is 2.38. The van der Waals surface area contributed by atoms with Crippen LogP contribution < -0.4 is 15.5 Å². The molecule has 0 saturated carbocycles. The molecule has 148 valence electrons. The van der Waals surface area contributed by atoms with E-state index in [0.29, 0.717) is 14.9 Å². The minimum absolute atomic E-state index is 0.0155. The van der Waals surface area contributed by atoms with Crippen LogP contribution in [0.15, 0.2) is 45.8 Å². The van der Waals surface area contributed by atoms with Crippen molar-refractivity contribution in [2.75, 3.05) is 13.3 Å². The molecular weight excluding hydrogens is 474 g/mol. The fraction of sp³-hybridized carbons (Fsp3) is 0.267. The van der Waals surface area contributed by atoms with Gasteiger partial charge in [0.2, 0.25) is 7.14 Å². The molecule has 0 radical (unpaired) electrons. The first-order valence-corrected chi connectivity index (χ1v) is 11.6. The van der Waals surface area contributed by atoms with Crippen LogP contribution in [0.3, 0.4) is 0 Å². The van der Waals surface area contributed by atoms with Crippen LogP contribution in [0.5, 0.6) is 0 Å². The summed E-state index contributed by atoms with van der Waals surface area (Å²) in [6.45, 7) is 0.929. The Labute approximate surface area is 162 Å². The first kappa shape index (κ1) is 21.9. The number of halogens is 4. The molecule has 2 rings (SSSR count). The Morgan fingerprint density at radius 2 is 1.78 bits per heavy atom. The summed E-state index contributed by atoms with van der Waals surface area (Å²) >= 11 is 3.22. The molecule has 0 bridgehead atoms. The van der Waals surface area contributed by atoms with Gasteiger partial charge in [-0.15, -0.1) is 0 Å². The van der Waals surface area contributed by atoms with Gasteiger partial charge >= 0.3 is 6.18 Å². The molecule has 0 spiro atoms. The predicted molar refractivity (Wildman–Crippen MR) is 96.3 cm³/mol. The van der Waals surface area contributed by atoms with E-state index in [-0.39, 0.29) is 10.7 Å². The topological polar surface area (TPSA) is 87.4 Å². The van der Waals surface area contributed by atoms with Gasteiger partial charge < -0.3 is 9.77 Å². The summed E-state index contributed by atoms with van der Waals surface area (Å²) in [4.78, 5) is -0.518. The van der Waals surface area contributed by atoms with Crippen LogP contribution in [-0.2, 0) is 18.9 Å². The van der Waals surface area contributed by atoms with E-state index < -0.39 is 34.9 Å². The third kappa shape index (κ3) is 5.10. The molecule has 0 saturated heterocycles. The molecule has 0 N–H and O–H groups in total. The van der Waals surface area contributed by atoms with Crippen molar-refractivity contribution in [2.45, 2.75) is 18.0 Å². The van der Waals surface area contributed by atoms with Gasteiger partial charge in [-0.2, -0.15) is 26.3 Å². The second-order valence-corrected chi connectivity index (χ2v) is 11.1. The number of benzene rings is 1. The molecule has 1 aromatic carbocycles. The molecule has 1 aromatic heterocycles. The lowest BCUT2D eigenvalue weighted by Gasteiger charge is -2.15. The Balaban J connectivity index is 2.38. The quantitative estimate of drug-likeness (QED) is 0.280. The fourth-order valence-electron chi connectivity index (χ4n) is 2.20. The number of hydrogen-bond donors (Lipinski definition) is 0. The van der Waals surface area contributed by atoms with Crippen LogP contribution in [0.1, 0.15) is 5.69 Å². The summed E-state index contributed by atoms with van der Waals surface area (Å²) in [6, 6.07) is 7.28. The number of rotatable bonds is 5. The summed E-state index contributed by atoms with van der Waals surface area (Å²) in [5, 5.41) is 12.4. The van der Waals surface area contributed by atoms with Crippen molar-refractivity contribution in [3.05, 3.63) is 51.8 Å². The molecule has 1 unspecified atom stereocenters. The number of aryl methyl sites for hydroxylation is 1. The van der Waals surface area contributed by atoms with E-state index in [2.05, 4.69) is 20.1 Å². The van der Waals surface area contributed by atoms with Crippen LogP contribution in [0.2, 0.25) is 0 Å². The lowest BCUT2D eigenvalue weighted by atomic mass is 10.4. The monoisotopic (exact) mass is 487 g/mol. The number of nitrogens with zero attached hydrogens (tertiary/aromatic N) is 1. The van der Waals surface area contributed by atoms with Gasteiger partial charge in [-0.05, 0) is 24.3 Å². The molecule has 27 heavy (non-hydrogen) atoms. The second kappa shape index (κ2) is 7.54. The highest BCUT2D eigenvalue weighted by molar-refractivity contribution is 9.10. The van der Waals surface area contributed by atoms with Crippen molar-refractivity contribution in [2.24, 2.45) is 0 Å². The van der Waals surface area contributed by atoms with Crippen LogP contribution in [0.4, 0.5) is 13.2 Å². The molecule has 0 aliphatic heterocycles. The SMILES string of the molecule is Cc1cc(Br)cc(P(C)(=O)c2ccc(S(=O)(=O)OCC(F)(F)F)cc2)[n+]1[O-]. The van der Waals surface area contributed by atoms with E-state index in [1.54, 1.807) is 6.07 Å². The third-order valence-corrected chi connectivity index (χ3v) is 7.78. The summed E-state index contributed by atoms with van der Waals surface area (Å²) in [7, 11) is -8.02. The van der Waals surface area contributed by atoms with Crippen molar-refractivity contribution in [1.29, 1.82) is 0 Å². The zero-order valence-corrected chi connectivity index (χ0v) is 17.3. The molecule has 0 aliphatic rings. The maximum absolute atomic E-state index is 13.2. The Hall–Kier alpha value is -1.42. The molecule has 1 heterocycles. The van der Waals surface area contributed by atoms with Crippen LogP contribution in [0.25, 0.3) is 0 Å². The summed E-state index contributed by atoms with van der Waals surface area (Å²) < 4.78 is 78.3. The van der Waals surface area contributed by atoms with Gasteiger partial charge in [-0.3, -0.25) is 4.18 Å². The largest absolute Gasteiger partial charge is 0.618 e.